The highest BCUT2D eigenvalue weighted by Gasteiger charge is 2.10. The number of rotatable bonds is 5. The largest absolute Gasteiger partial charge is 0.379 e. The summed E-state index contributed by atoms with van der Waals surface area (Å²) in [5.41, 5.74) is 0. The van der Waals surface area contributed by atoms with Crippen molar-refractivity contribution < 1.29 is 4.74 Å². The lowest BCUT2D eigenvalue weighted by Gasteiger charge is -2.18. The van der Waals surface area contributed by atoms with E-state index in [1.165, 1.54) is 0 Å². The fraction of sp³-hybridized carbons (Fsp3) is 1.00. The highest BCUT2D eigenvalue weighted by atomic mass is 35.5. The second-order valence-corrected chi connectivity index (χ2v) is 2.99. The topological polar surface area (TPSA) is 9.23 Å². The van der Waals surface area contributed by atoms with Crippen LogP contribution in [0.5, 0.6) is 0 Å². The van der Waals surface area contributed by atoms with Crippen molar-refractivity contribution in [1.29, 1.82) is 0 Å². The van der Waals surface area contributed by atoms with Gasteiger partial charge in [0.25, 0.3) is 0 Å². The van der Waals surface area contributed by atoms with Gasteiger partial charge in [0.15, 0.2) is 0 Å². The average molecular weight is 165 g/mol. The Kier molecular flexibility index (Phi) is 6.14. The van der Waals surface area contributed by atoms with E-state index in [0.717, 1.165) is 18.9 Å². The Hall–Kier alpha value is 0.250. The van der Waals surface area contributed by atoms with Crippen molar-refractivity contribution in [2.24, 2.45) is 5.92 Å². The van der Waals surface area contributed by atoms with E-state index in [1.807, 2.05) is 6.92 Å². The van der Waals surface area contributed by atoms with E-state index in [4.69, 9.17) is 16.3 Å². The van der Waals surface area contributed by atoms with E-state index in [1.54, 1.807) is 0 Å². The zero-order valence-corrected chi connectivity index (χ0v) is 7.82. The molecule has 0 spiro atoms. The van der Waals surface area contributed by atoms with Crippen LogP contribution in [-0.4, -0.2) is 18.6 Å². The monoisotopic (exact) mass is 164 g/mol. The maximum absolute atomic E-state index is 5.59. The van der Waals surface area contributed by atoms with Crippen LogP contribution in [0.4, 0.5) is 0 Å². The van der Waals surface area contributed by atoms with Crippen molar-refractivity contribution in [2.75, 3.05) is 12.5 Å². The van der Waals surface area contributed by atoms with Gasteiger partial charge in [0.2, 0.25) is 0 Å². The van der Waals surface area contributed by atoms with E-state index in [9.17, 15) is 0 Å². The summed E-state index contributed by atoms with van der Waals surface area (Å²) >= 11 is 5.59. The van der Waals surface area contributed by atoms with Gasteiger partial charge in [-0.25, -0.2) is 0 Å². The Balaban J connectivity index is 3.38. The maximum Gasteiger partial charge on any atom is 0.0572 e. The summed E-state index contributed by atoms with van der Waals surface area (Å²) in [4.78, 5) is 0. The molecule has 0 heterocycles. The molecule has 0 radical (unpaired) electrons. The van der Waals surface area contributed by atoms with Gasteiger partial charge in [-0.05, 0) is 26.2 Å². The fourth-order valence-corrected chi connectivity index (χ4v) is 1.18. The molecule has 0 bridgehead atoms. The second-order valence-electron chi connectivity index (χ2n) is 2.62. The van der Waals surface area contributed by atoms with Crippen molar-refractivity contribution in [2.45, 2.75) is 33.3 Å². The molecule has 0 aliphatic carbocycles. The van der Waals surface area contributed by atoms with Crippen LogP contribution in [0.15, 0.2) is 0 Å². The van der Waals surface area contributed by atoms with Gasteiger partial charge >= 0.3 is 0 Å². The maximum atomic E-state index is 5.59. The summed E-state index contributed by atoms with van der Waals surface area (Å²) in [5.74, 6) is 1.32. The summed E-state index contributed by atoms with van der Waals surface area (Å²) in [5, 5.41) is 0. The molecule has 62 valence electrons. The third-order valence-corrected chi connectivity index (χ3v) is 2.01. The molecule has 0 saturated carbocycles. The van der Waals surface area contributed by atoms with E-state index in [-0.39, 0.29) is 0 Å². The van der Waals surface area contributed by atoms with Gasteiger partial charge in [-0.1, -0.05) is 6.92 Å². The van der Waals surface area contributed by atoms with Gasteiger partial charge in [-0.15, -0.1) is 11.6 Å². The molecule has 2 atom stereocenters. The molecule has 0 aliphatic rings. The van der Waals surface area contributed by atoms with Crippen LogP contribution in [0.25, 0.3) is 0 Å². The number of hydrogen-bond donors (Lipinski definition) is 0. The van der Waals surface area contributed by atoms with Crippen LogP contribution in [0.3, 0.4) is 0 Å². The van der Waals surface area contributed by atoms with Gasteiger partial charge < -0.3 is 4.74 Å². The number of ether oxygens (including phenoxy) is 1. The Bertz CT molecular complexity index is 65.7. The molecule has 0 aromatic heterocycles. The van der Waals surface area contributed by atoms with Crippen LogP contribution in [0.2, 0.25) is 0 Å². The first-order chi connectivity index (χ1) is 4.72. The molecular weight excluding hydrogens is 148 g/mol. The number of halogens is 1. The van der Waals surface area contributed by atoms with E-state index in [2.05, 4.69) is 13.8 Å². The molecule has 0 rings (SSSR count). The van der Waals surface area contributed by atoms with Gasteiger partial charge in [0.1, 0.15) is 0 Å². The minimum absolute atomic E-state index is 0.351. The number of alkyl halides is 1. The molecule has 0 aromatic carbocycles. The Labute approximate surface area is 68.7 Å². The van der Waals surface area contributed by atoms with Crippen molar-refractivity contribution in [1.82, 2.24) is 0 Å². The van der Waals surface area contributed by atoms with E-state index < -0.39 is 0 Å². The normalized spacial score (nSPS) is 16.8. The summed E-state index contributed by atoms with van der Waals surface area (Å²) in [6, 6.07) is 0. The zero-order valence-electron chi connectivity index (χ0n) is 7.06. The molecule has 0 fully saturated rings. The van der Waals surface area contributed by atoms with Crippen molar-refractivity contribution in [3.05, 3.63) is 0 Å². The molecule has 0 N–H and O–H groups in total. The minimum atomic E-state index is 0.351. The predicted molar refractivity (Wildman–Crippen MR) is 45.6 cm³/mol. The highest BCUT2D eigenvalue weighted by Crippen LogP contribution is 2.11. The predicted octanol–water partition coefficient (Wildman–Crippen LogP) is 2.68. The Morgan fingerprint density at radius 1 is 1.40 bits per heavy atom. The Morgan fingerprint density at radius 3 is 2.40 bits per heavy atom. The van der Waals surface area contributed by atoms with Crippen molar-refractivity contribution in [3.63, 3.8) is 0 Å². The molecule has 0 saturated heterocycles. The second kappa shape index (κ2) is 5.99. The first kappa shape index (κ1) is 10.2. The van der Waals surface area contributed by atoms with Crippen LogP contribution >= 0.6 is 11.6 Å². The number of hydrogen-bond acceptors (Lipinski definition) is 1. The molecule has 0 amide bonds. The van der Waals surface area contributed by atoms with Crippen molar-refractivity contribution in [3.8, 4) is 0 Å². The average Bonchev–Trinajstić information content (AvgIpc) is 1.89. The standard InChI is InChI=1S/C8H17ClO/c1-4-10-8(3)7(2)5-6-9/h7-8H,4-6H2,1-3H3. The van der Waals surface area contributed by atoms with Crippen LogP contribution in [0.1, 0.15) is 27.2 Å². The fourth-order valence-electron chi connectivity index (χ4n) is 0.834. The van der Waals surface area contributed by atoms with E-state index in [0.29, 0.717) is 12.0 Å². The summed E-state index contributed by atoms with van der Waals surface area (Å²) < 4.78 is 5.40. The third-order valence-electron chi connectivity index (χ3n) is 1.80. The summed E-state index contributed by atoms with van der Waals surface area (Å²) in [6.45, 7) is 7.08. The van der Waals surface area contributed by atoms with Crippen LogP contribution in [0, 0.1) is 5.92 Å². The highest BCUT2D eigenvalue weighted by molar-refractivity contribution is 6.17. The van der Waals surface area contributed by atoms with Gasteiger partial charge in [0, 0.05) is 12.5 Å². The zero-order chi connectivity index (χ0) is 7.98. The lowest BCUT2D eigenvalue weighted by molar-refractivity contribution is 0.0379. The SMILES string of the molecule is CCOC(C)C(C)CCCl. The van der Waals surface area contributed by atoms with Crippen LogP contribution in [-0.2, 0) is 4.74 Å². The van der Waals surface area contributed by atoms with Crippen LogP contribution < -0.4 is 0 Å². The molecule has 0 aromatic rings. The molecule has 10 heavy (non-hydrogen) atoms. The molecule has 0 aliphatic heterocycles. The molecular formula is C8H17ClO. The summed E-state index contributed by atoms with van der Waals surface area (Å²) in [6.07, 6.45) is 1.40. The quantitative estimate of drug-likeness (QED) is 0.568. The smallest absolute Gasteiger partial charge is 0.0572 e. The minimum Gasteiger partial charge on any atom is -0.379 e. The lowest BCUT2D eigenvalue weighted by Crippen LogP contribution is -2.18. The van der Waals surface area contributed by atoms with Gasteiger partial charge in [0.05, 0.1) is 6.10 Å². The molecule has 1 nitrogen and oxygen atoms in total. The van der Waals surface area contributed by atoms with Crippen molar-refractivity contribution >= 4 is 11.6 Å². The first-order valence-corrected chi connectivity index (χ1v) is 4.43. The van der Waals surface area contributed by atoms with E-state index >= 15 is 0 Å². The lowest BCUT2D eigenvalue weighted by atomic mass is 10.0. The third kappa shape index (κ3) is 4.13. The summed E-state index contributed by atoms with van der Waals surface area (Å²) in [7, 11) is 0. The molecule has 2 unspecified atom stereocenters. The first-order valence-electron chi connectivity index (χ1n) is 3.90. The molecule has 2 heteroatoms. The van der Waals surface area contributed by atoms with Gasteiger partial charge in [-0.3, -0.25) is 0 Å². The van der Waals surface area contributed by atoms with Gasteiger partial charge in [-0.2, -0.15) is 0 Å². The Morgan fingerprint density at radius 2 is 2.00 bits per heavy atom.